The van der Waals surface area contributed by atoms with Crippen molar-refractivity contribution in [2.24, 2.45) is 0 Å². The summed E-state index contributed by atoms with van der Waals surface area (Å²) in [5.41, 5.74) is 1.71. The summed E-state index contributed by atoms with van der Waals surface area (Å²) in [4.78, 5) is 24.4. The number of hydrogen-bond donors (Lipinski definition) is 2. The van der Waals surface area contributed by atoms with Gasteiger partial charge >= 0.3 is 6.18 Å². The fourth-order valence-electron chi connectivity index (χ4n) is 2.62. The molecule has 0 radical (unpaired) electrons. The maximum absolute atomic E-state index is 12.4. The molecule has 2 N–H and O–H groups in total. The van der Waals surface area contributed by atoms with Gasteiger partial charge in [-0.05, 0) is 42.8 Å². The molecule has 1 aromatic heterocycles. The van der Waals surface area contributed by atoms with Crippen molar-refractivity contribution in [1.82, 2.24) is 20.1 Å². The minimum absolute atomic E-state index is 0.00324. The maximum Gasteiger partial charge on any atom is 0.405 e. The Morgan fingerprint density at radius 2 is 1.97 bits per heavy atom. The fraction of sp³-hybridized carbons (Fsp3) is 0.200. The van der Waals surface area contributed by atoms with Crippen LogP contribution in [0.5, 0.6) is 0 Å². The van der Waals surface area contributed by atoms with Crippen LogP contribution in [0.15, 0.2) is 53.9 Å². The topological polar surface area (TPSA) is 88.9 Å². The van der Waals surface area contributed by atoms with Gasteiger partial charge in [-0.3, -0.25) is 14.2 Å². The number of nitrogens with zero attached hydrogens (tertiary/aromatic N) is 3. The Hall–Kier alpha value is -3.05. The van der Waals surface area contributed by atoms with Crippen molar-refractivity contribution in [3.8, 4) is 5.69 Å². The summed E-state index contributed by atoms with van der Waals surface area (Å²) >= 11 is 7.15. The number of amides is 2. The lowest BCUT2D eigenvalue weighted by Crippen LogP contribution is -2.33. The van der Waals surface area contributed by atoms with E-state index in [-0.39, 0.29) is 17.2 Å². The third-order valence-corrected chi connectivity index (χ3v) is 5.34. The predicted molar refractivity (Wildman–Crippen MR) is 115 cm³/mol. The van der Waals surface area contributed by atoms with Gasteiger partial charge in [0.15, 0.2) is 5.16 Å². The summed E-state index contributed by atoms with van der Waals surface area (Å²) in [6.45, 7) is 0.265. The molecule has 1 heterocycles. The van der Waals surface area contributed by atoms with Gasteiger partial charge in [-0.15, -0.1) is 10.2 Å². The van der Waals surface area contributed by atoms with Crippen molar-refractivity contribution in [3.63, 3.8) is 0 Å². The lowest BCUT2D eigenvalue weighted by Gasteiger charge is -2.12. The van der Waals surface area contributed by atoms with Crippen LogP contribution >= 0.6 is 23.4 Å². The highest BCUT2D eigenvalue weighted by Crippen LogP contribution is 2.23. The Bertz CT molecular complexity index is 1140. The number of hydrogen-bond acceptors (Lipinski definition) is 5. The third kappa shape index (κ3) is 6.47. The van der Waals surface area contributed by atoms with Crippen molar-refractivity contribution in [2.45, 2.75) is 18.3 Å². The van der Waals surface area contributed by atoms with E-state index in [0.717, 1.165) is 17.4 Å². The molecule has 2 aromatic carbocycles. The molecule has 32 heavy (non-hydrogen) atoms. The Balaban J connectivity index is 1.64. The first kappa shape index (κ1) is 23.6. The van der Waals surface area contributed by atoms with Gasteiger partial charge in [-0.2, -0.15) is 13.2 Å². The number of benzene rings is 2. The van der Waals surface area contributed by atoms with Crippen LogP contribution in [0.25, 0.3) is 5.69 Å². The highest BCUT2D eigenvalue weighted by Gasteiger charge is 2.28. The Labute approximate surface area is 190 Å². The lowest BCUT2D eigenvalue weighted by atomic mass is 10.1. The average molecular weight is 484 g/mol. The molecular weight excluding hydrogens is 467 g/mol. The molecule has 3 rings (SSSR count). The van der Waals surface area contributed by atoms with Crippen LogP contribution in [0, 0.1) is 6.92 Å². The molecule has 0 saturated heterocycles. The quantitative estimate of drug-likeness (QED) is 0.490. The highest BCUT2D eigenvalue weighted by molar-refractivity contribution is 7.99. The molecule has 0 atom stereocenters. The van der Waals surface area contributed by atoms with E-state index in [1.54, 1.807) is 41.1 Å². The lowest BCUT2D eigenvalue weighted by molar-refractivity contribution is -0.123. The number of carbonyl (C=O) groups excluding carboxylic acids is 2. The van der Waals surface area contributed by atoms with Gasteiger partial charge in [0.2, 0.25) is 5.91 Å². The molecule has 0 saturated carbocycles. The van der Waals surface area contributed by atoms with Crippen molar-refractivity contribution < 1.29 is 22.8 Å². The van der Waals surface area contributed by atoms with Crippen molar-refractivity contribution >= 4 is 40.9 Å². The van der Waals surface area contributed by atoms with Crippen molar-refractivity contribution in [3.05, 3.63) is 64.9 Å². The molecule has 168 valence electrons. The van der Waals surface area contributed by atoms with E-state index in [1.807, 2.05) is 6.07 Å². The molecule has 0 aliphatic carbocycles. The summed E-state index contributed by atoms with van der Waals surface area (Å²) in [7, 11) is 0. The number of carbonyl (C=O) groups is 2. The minimum atomic E-state index is -4.51. The average Bonchev–Trinajstić information content (AvgIpc) is 3.20. The van der Waals surface area contributed by atoms with Crippen molar-refractivity contribution in [2.75, 3.05) is 17.6 Å². The van der Waals surface area contributed by atoms with Crippen LogP contribution in [-0.4, -0.2) is 45.1 Å². The van der Waals surface area contributed by atoms with Gasteiger partial charge in [-0.1, -0.05) is 35.5 Å². The number of anilines is 1. The van der Waals surface area contributed by atoms with Gasteiger partial charge in [-0.25, -0.2) is 0 Å². The second kappa shape index (κ2) is 10.0. The van der Waals surface area contributed by atoms with E-state index >= 15 is 0 Å². The van der Waals surface area contributed by atoms with Crippen LogP contribution < -0.4 is 10.6 Å². The summed E-state index contributed by atoms with van der Waals surface area (Å²) in [6.07, 6.45) is -3.01. The Kier molecular flexibility index (Phi) is 7.41. The number of aromatic nitrogens is 3. The number of rotatable bonds is 7. The summed E-state index contributed by atoms with van der Waals surface area (Å²) < 4.78 is 38.6. The van der Waals surface area contributed by atoms with Crippen LogP contribution in [0.1, 0.15) is 15.9 Å². The molecular formula is C20H17ClF3N5O2S. The van der Waals surface area contributed by atoms with E-state index in [1.165, 1.54) is 18.5 Å². The molecule has 0 fully saturated rings. The van der Waals surface area contributed by atoms with E-state index in [9.17, 15) is 22.8 Å². The zero-order chi connectivity index (χ0) is 23.3. The molecule has 0 aliphatic heterocycles. The Morgan fingerprint density at radius 1 is 1.19 bits per heavy atom. The SMILES string of the molecule is Cc1ccc(C(=O)NCC(F)(F)F)cc1NC(=O)CSc1nncn1-c1cccc(Cl)c1. The molecule has 0 aliphatic rings. The van der Waals surface area contributed by atoms with E-state index in [2.05, 4.69) is 15.5 Å². The van der Waals surface area contributed by atoms with Crippen LogP contribution in [0.2, 0.25) is 5.02 Å². The fourth-order valence-corrected chi connectivity index (χ4v) is 3.54. The number of nitrogens with one attached hydrogen (secondary N) is 2. The zero-order valence-electron chi connectivity index (χ0n) is 16.6. The molecule has 3 aromatic rings. The summed E-state index contributed by atoms with van der Waals surface area (Å²) in [5.74, 6) is -1.28. The monoisotopic (exact) mass is 483 g/mol. The van der Waals surface area contributed by atoms with Crippen LogP contribution in [-0.2, 0) is 4.79 Å². The second-order valence-corrected chi connectivity index (χ2v) is 8.01. The molecule has 0 spiro atoms. The van der Waals surface area contributed by atoms with Gasteiger partial charge in [0.25, 0.3) is 5.91 Å². The third-order valence-electron chi connectivity index (χ3n) is 4.16. The number of alkyl halides is 3. The normalized spacial score (nSPS) is 11.3. The van der Waals surface area contributed by atoms with E-state index < -0.39 is 18.6 Å². The van der Waals surface area contributed by atoms with Crippen LogP contribution in [0.3, 0.4) is 0 Å². The number of aryl methyl sites for hydroxylation is 1. The molecule has 0 bridgehead atoms. The first-order chi connectivity index (χ1) is 15.1. The van der Waals surface area contributed by atoms with E-state index in [4.69, 9.17) is 11.6 Å². The molecule has 2 amide bonds. The van der Waals surface area contributed by atoms with Gasteiger partial charge in [0.05, 0.1) is 11.4 Å². The number of thioether (sulfide) groups is 1. The molecule has 12 heteroatoms. The first-order valence-electron chi connectivity index (χ1n) is 9.16. The minimum Gasteiger partial charge on any atom is -0.343 e. The maximum atomic E-state index is 12.4. The predicted octanol–water partition coefficient (Wildman–Crippen LogP) is 4.25. The standard InChI is InChI=1S/C20H17ClF3N5O2S/c1-12-5-6-13(18(31)25-10-20(22,23)24)7-16(12)27-17(30)9-32-19-28-26-11-29(19)15-4-2-3-14(21)8-15/h2-8,11H,9-10H2,1H3,(H,25,31)(H,27,30). The summed E-state index contributed by atoms with van der Waals surface area (Å²) in [5, 5.41) is 13.3. The zero-order valence-corrected chi connectivity index (χ0v) is 18.2. The number of halogens is 4. The first-order valence-corrected chi connectivity index (χ1v) is 10.5. The smallest absolute Gasteiger partial charge is 0.343 e. The largest absolute Gasteiger partial charge is 0.405 e. The molecule has 0 unspecified atom stereocenters. The Morgan fingerprint density at radius 3 is 2.69 bits per heavy atom. The second-order valence-electron chi connectivity index (χ2n) is 6.63. The highest BCUT2D eigenvalue weighted by atomic mass is 35.5. The van der Waals surface area contributed by atoms with Gasteiger partial charge in [0.1, 0.15) is 12.9 Å². The van der Waals surface area contributed by atoms with Crippen molar-refractivity contribution in [1.29, 1.82) is 0 Å². The van der Waals surface area contributed by atoms with E-state index in [0.29, 0.717) is 21.4 Å². The van der Waals surface area contributed by atoms with Gasteiger partial charge < -0.3 is 10.6 Å². The summed E-state index contributed by atoms with van der Waals surface area (Å²) in [6, 6.07) is 11.3. The molecule has 7 nitrogen and oxygen atoms in total. The van der Waals surface area contributed by atoms with Crippen LogP contribution in [0.4, 0.5) is 18.9 Å². The van der Waals surface area contributed by atoms with Gasteiger partial charge in [0, 0.05) is 16.3 Å².